The number of nitrogens with zero attached hydrogens (tertiary/aromatic N) is 1. The molecule has 162 valence electrons. The highest BCUT2D eigenvalue weighted by atomic mass is 32.2. The molecule has 0 saturated carbocycles. The summed E-state index contributed by atoms with van der Waals surface area (Å²) in [6, 6.07) is 11.8. The van der Waals surface area contributed by atoms with Crippen LogP contribution in [0.4, 0.5) is 0 Å². The molecule has 3 rings (SSSR count). The Balaban J connectivity index is 1.81. The standard InChI is InChI=1S/C22H28N2O5S/c1-16-6-4-5-13-24(16)30(26,27)21-14-18(9-12-20(21)29-3)22(25)23-15-17-7-10-19(28-2)11-8-17/h7-12,14,16H,4-6,13,15H2,1-3H3,(H,23,25). The summed E-state index contributed by atoms with van der Waals surface area (Å²) in [4.78, 5) is 12.7. The molecule has 0 aromatic heterocycles. The van der Waals surface area contributed by atoms with Gasteiger partial charge in [-0.15, -0.1) is 0 Å². The molecule has 7 nitrogen and oxygen atoms in total. The molecular weight excluding hydrogens is 404 g/mol. The fourth-order valence-electron chi connectivity index (χ4n) is 3.60. The van der Waals surface area contributed by atoms with Crippen LogP contribution in [0.25, 0.3) is 0 Å². The second kappa shape index (κ2) is 9.49. The van der Waals surface area contributed by atoms with Crippen molar-refractivity contribution in [2.45, 2.75) is 43.7 Å². The molecule has 0 aliphatic carbocycles. The number of nitrogens with one attached hydrogen (secondary N) is 1. The van der Waals surface area contributed by atoms with Crippen molar-refractivity contribution in [3.05, 3.63) is 53.6 Å². The van der Waals surface area contributed by atoms with E-state index in [2.05, 4.69) is 5.32 Å². The Morgan fingerprint density at radius 1 is 1.10 bits per heavy atom. The Morgan fingerprint density at radius 2 is 1.83 bits per heavy atom. The van der Waals surface area contributed by atoms with Gasteiger partial charge in [0.15, 0.2) is 0 Å². The van der Waals surface area contributed by atoms with Crippen molar-refractivity contribution in [3.63, 3.8) is 0 Å². The summed E-state index contributed by atoms with van der Waals surface area (Å²) in [5.41, 5.74) is 1.18. The van der Waals surface area contributed by atoms with E-state index in [1.807, 2.05) is 31.2 Å². The van der Waals surface area contributed by atoms with Gasteiger partial charge in [-0.3, -0.25) is 4.79 Å². The van der Waals surface area contributed by atoms with E-state index in [1.54, 1.807) is 13.2 Å². The minimum Gasteiger partial charge on any atom is -0.497 e. The molecule has 0 spiro atoms. The molecule has 1 aliphatic heterocycles. The Morgan fingerprint density at radius 3 is 2.47 bits per heavy atom. The Labute approximate surface area is 178 Å². The van der Waals surface area contributed by atoms with E-state index in [0.717, 1.165) is 30.6 Å². The molecule has 30 heavy (non-hydrogen) atoms. The summed E-state index contributed by atoms with van der Waals surface area (Å²) in [6.45, 7) is 2.70. The Kier molecular flexibility index (Phi) is 6.99. The number of hydrogen-bond donors (Lipinski definition) is 1. The maximum Gasteiger partial charge on any atom is 0.251 e. The molecular formula is C22H28N2O5S. The zero-order valence-corrected chi connectivity index (χ0v) is 18.4. The maximum atomic E-state index is 13.3. The zero-order chi connectivity index (χ0) is 21.7. The second-order valence-electron chi connectivity index (χ2n) is 7.36. The normalized spacial score (nSPS) is 17.4. The summed E-state index contributed by atoms with van der Waals surface area (Å²) < 4.78 is 38.5. The fraction of sp³-hybridized carbons (Fsp3) is 0.409. The van der Waals surface area contributed by atoms with Crippen LogP contribution in [-0.4, -0.2) is 45.4 Å². The number of sulfonamides is 1. The molecule has 2 aromatic carbocycles. The minimum atomic E-state index is -3.77. The SMILES string of the molecule is COc1ccc(CNC(=O)c2ccc(OC)c(S(=O)(=O)N3CCCCC3C)c2)cc1. The van der Waals surface area contributed by atoms with Crippen LogP contribution < -0.4 is 14.8 Å². The molecule has 1 heterocycles. The van der Waals surface area contributed by atoms with E-state index in [1.165, 1.54) is 23.5 Å². The Hall–Kier alpha value is -2.58. The lowest BCUT2D eigenvalue weighted by molar-refractivity contribution is 0.0950. The number of methoxy groups -OCH3 is 2. The summed E-state index contributed by atoms with van der Waals surface area (Å²) in [5.74, 6) is 0.623. The van der Waals surface area contributed by atoms with Gasteiger partial charge in [-0.05, 0) is 55.7 Å². The molecule has 1 fully saturated rings. The molecule has 0 radical (unpaired) electrons. The van der Waals surface area contributed by atoms with E-state index in [9.17, 15) is 13.2 Å². The van der Waals surface area contributed by atoms with Gasteiger partial charge in [0.05, 0.1) is 14.2 Å². The lowest BCUT2D eigenvalue weighted by Gasteiger charge is -2.32. The highest BCUT2D eigenvalue weighted by Gasteiger charge is 2.33. The Bertz CT molecular complexity index is 989. The molecule has 1 atom stereocenters. The van der Waals surface area contributed by atoms with Gasteiger partial charge >= 0.3 is 0 Å². The van der Waals surface area contributed by atoms with Crippen molar-refractivity contribution >= 4 is 15.9 Å². The molecule has 1 saturated heterocycles. The first-order valence-electron chi connectivity index (χ1n) is 9.98. The summed E-state index contributed by atoms with van der Waals surface area (Å²) in [7, 11) is -0.748. The number of rotatable bonds is 7. The molecule has 0 bridgehead atoms. The monoisotopic (exact) mass is 432 g/mol. The van der Waals surface area contributed by atoms with Crippen LogP contribution in [0.2, 0.25) is 0 Å². The van der Waals surface area contributed by atoms with Crippen LogP contribution in [0, 0.1) is 0 Å². The van der Waals surface area contributed by atoms with Crippen LogP contribution in [0.15, 0.2) is 47.4 Å². The van der Waals surface area contributed by atoms with Crippen LogP contribution >= 0.6 is 0 Å². The molecule has 8 heteroatoms. The number of benzene rings is 2. The third-order valence-electron chi connectivity index (χ3n) is 5.37. The minimum absolute atomic E-state index is 0.0239. The van der Waals surface area contributed by atoms with Crippen LogP contribution in [0.5, 0.6) is 11.5 Å². The van der Waals surface area contributed by atoms with Crippen LogP contribution in [0.3, 0.4) is 0 Å². The molecule has 2 aromatic rings. The number of carbonyl (C=O) groups is 1. The van der Waals surface area contributed by atoms with E-state index in [-0.39, 0.29) is 28.2 Å². The van der Waals surface area contributed by atoms with Crippen molar-refractivity contribution < 1.29 is 22.7 Å². The highest BCUT2D eigenvalue weighted by molar-refractivity contribution is 7.89. The van der Waals surface area contributed by atoms with E-state index in [0.29, 0.717) is 13.1 Å². The third-order valence-corrected chi connectivity index (χ3v) is 7.40. The van der Waals surface area contributed by atoms with Crippen molar-refractivity contribution in [1.82, 2.24) is 9.62 Å². The van der Waals surface area contributed by atoms with Gasteiger partial charge in [0.1, 0.15) is 16.4 Å². The lowest BCUT2D eigenvalue weighted by Crippen LogP contribution is -2.42. The average Bonchev–Trinajstić information content (AvgIpc) is 2.77. The van der Waals surface area contributed by atoms with E-state index in [4.69, 9.17) is 9.47 Å². The van der Waals surface area contributed by atoms with Gasteiger partial charge in [0, 0.05) is 24.7 Å². The van der Waals surface area contributed by atoms with Crippen molar-refractivity contribution in [2.24, 2.45) is 0 Å². The second-order valence-corrected chi connectivity index (χ2v) is 9.22. The van der Waals surface area contributed by atoms with Crippen molar-refractivity contribution in [3.8, 4) is 11.5 Å². The van der Waals surface area contributed by atoms with Gasteiger partial charge in [-0.2, -0.15) is 4.31 Å². The number of amides is 1. The highest BCUT2D eigenvalue weighted by Crippen LogP contribution is 2.31. The maximum absolute atomic E-state index is 13.3. The average molecular weight is 433 g/mol. The van der Waals surface area contributed by atoms with Gasteiger partial charge in [0.2, 0.25) is 10.0 Å². The number of hydrogen-bond acceptors (Lipinski definition) is 5. The van der Waals surface area contributed by atoms with E-state index < -0.39 is 10.0 Å². The predicted molar refractivity (Wildman–Crippen MR) is 114 cm³/mol. The van der Waals surface area contributed by atoms with Crippen LogP contribution in [0.1, 0.15) is 42.1 Å². The van der Waals surface area contributed by atoms with Gasteiger partial charge in [-0.25, -0.2) is 8.42 Å². The first-order valence-corrected chi connectivity index (χ1v) is 11.4. The zero-order valence-electron chi connectivity index (χ0n) is 17.6. The first kappa shape index (κ1) is 22.1. The molecule has 1 N–H and O–H groups in total. The first-order chi connectivity index (χ1) is 14.4. The summed E-state index contributed by atoms with van der Waals surface area (Å²) in [5, 5.41) is 2.83. The summed E-state index contributed by atoms with van der Waals surface area (Å²) >= 11 is 0. The number of carbonyl (C=O) groups excluding carboxylic acids is 1. The van der Waals surface area contributed by atoms with E-state index >= 15 is 0 Å². The largest absolute Gasteiger partial charge is 0.497 e. The predicted octanol–water partition coefficient (Wildman–Crippen LogP) is 3.20. The number of ether oxygens (including phenoxy) is 2. The third kappa shape index (κ3) is 4.76. The van der Waals surface area contributed by atoms with Gasteiger partial charge < -0.3 is 14.8 Å². The van der Waals surface area contributed by atoms with Crippen molar-refractivity contribution in [2.75, 3.05) is 20.8 Å². The van der Waals surface area contributed by atoms with Crippen LogP contribution in [-0.2, 0) is 16.6 Å². The van der Waals surface area contributed by atoms with Crippen molar-refractivity contribution in [1.29, 1.82) is 0 Å². The quantitative estimate of drug-likeness (QED) is 0.726. The van der Waals surface area contributed by atoms with Gasteiger partial charge in [0.25, 0.3) is 5.91 Å². The van der Waals surface area contributed by atoms with Gasteiger partial charge in [-0.1, -0.05) is 18.6 Å². The summed E-state index contributed by atoms with van der Waals surface area (Å²) in [6.07, 6.45) is 2.66. The fourth-order valence-corrected chi connectivity index (χ4v) is 5.49. The molecule has 1 aliphatic rings. The molecule has 1 amide bonds. The smallest absolute Gasteiger partial charge is 0.251 e. The number of piperidine rings is 1. The lowest BCUT2D eigenvalue weighted by atomic mass is 10.1. The topological polar surface area (TPSA) is 84.9 Å². The molecule has 1 unspecified atom stereocenters.